The Labute approximate surface area is 70.5 Å². The van der Waals surface area contributed by atoms with Crippen molar-refractivity contribution in [3.63, 3.8) is 0 Å². The lowest BCUT2D eigenvalue weighted by Gasteiger charge is -1.92. The molecule has 0 amide bonds. The fourth-order valence-electron chi connectivity index (χ4n) is 1.22. The van der Waals surface area contributed by atoms with E-state index < -0.39 is 0 Å². The van der Waals surface area contributed by atoms with Gasteiger partial charge in [-0.3, -0.25) is 0 Å². The van der Waals surface area contributed by atoms with Crippen molar-refractivity contribution in [3.8, 4) is 0 Å². The molecule has 0 bridgehead atoms. The summed E-state index contributed by atoms with van der Waals surface area (Å²) in [6, 6.07) is 8.31. The lowest BCUT2D eigenvalue weighted by atomic mass is 10.2. The molecule has 2 rings (SSSR count). The highest BCUT2D eigenvalue weighted by molar-refractivity contribution is 8.13. The average Bonchev–Trinajstić information content (AvgIpc) is 2.46. The molecule has 0 radical (unpaired) electrons. The van der Waals surface area contributed by atoms with E-state index in [2.05, 4.69) is 29.4 Å². The monoisotopic (exact) mass is 163 g/mol. The van der Waals surface area contributed by atoms with E-state index >= 15 is 0 Å². The molecule has 0 aromatic heterocycles. The van der Waals surface area contributed by atoms with Gasteiger partial charge in [-0.25, -0.2) is 4.99 Å². The van der Waals surface area contributed by atoms with E-state index in [1.165, 1.54) is 10.6 Å². The van der Waals surface area contributed by atoms with Crippen molar-refractivity contribution in [1.82, 2.24) is 0 Å². The number of rotatable bonds is 0. The van der Waals surface area contributed by atoms with Crippen LogP contribution < -0.4 is 0 Å². The molecule has 0 saturated carbocycles. The van der Waals surface area contributed by atoms with Crippen LogP contribution in [-0.2, 0) is 6.42 Å². The second-order valence-electron chi connectivity index (χ2n) is 2.52. The summed E-state index contributed by atoms with van der Waals surface area (Å²) in [4.78, 5) is 4.45. The number of hydrogen-bond donors (Lipinski definition) is 0. The normalized spacial score (nSPS) is 14.5. The highest BCUT2D eigenvalue weighted by Gasteiger charge is 2.11. The number of aliphatic imine (C=N–C) groups is 1. The number of hydrogen-bond acceptors (Lipinski definition) is 2. The van der Waals surface area contributed by atoms with E-state index in [-0.39, 0.29) is 0 Å². The molecule has 1 nitrogen and oxygen atoms in total. The van der Waals surface area contributed by atoms with Crippen LogP contribution in [0.1, 0.15) is 5.56 Å². The van der Waals surface area contributed by atoms with E-state index in [0.717, 1.165) is 12.1 Å². The molecule has 1 aromatic rings. The molecule has 0 spiro atoms. The molecule has 0 atom stereocenters. The second-order valence-corrected chi connectivity index (χ2v) is 3.39. The zero-order valence-electron chi connectivity index (χ0n) is 6.37. The first kappa shape index (κ1) is 6.92. The van der Waals surface area contributed by atoms with Crippen LogP contribution in [0.4, 0.5) is 5.69 Å². The van der Waals surface area contributed by atoms with Crippen molar-refractivity contribution >= 4 is 22.5 Å². The summed E-state index contributed by atoms with van der Waals surface area (Å²) >= 11 is 1.74. The number of fused-ring (bicyclic) bond motifs is 1. The Kier molecular flexibility index (Phi) is 1.70. The van der Waals surface area contributed by atoms with Gasteiger partial charge in [-0.1, -0.05) is 18.2 Å². The molecule has 11 heavy (non-hydrogen) atoms. The van der Waals surface area contributed by atoms with Crippen LogP contribution in [0.25, 0.3) is 0 Å². The Morgan fingerprint density at radius 3 is 2.91 bits per heavy atom. The van der Waals surface area contributed by atoms with Gasteiger partial charge in [0.25, 0.3) is 0 Å². The first-order valence-corrected chi connectivity index (χ1v) is 4.82. The summed E-state index contributed by atoms with van der Waals surface area (Å²) in [5.41, 5.74) is 2.51. The molecular weight excluding hydrogens is 154 g/mol. The molecule has 1 aromatic carbocycles. The fourth-order valence-corrected chi connectivity index (χ4v) is 1.71. The molecular formula is C9H9NS. The molecule has 0 N–H and O–H groups in total. The predicted octanol–water partition coefficient (Wildman–Crippen LogP) is 2.64. The third kappa shape index (κ3) is 1.18. The van der Waals surface area contributed by atoms with Gasteiger partial charge in [0.05, 0.1) is 10.7 Å². The highest BCUT2D eigenvalue weighted by atomic mass is 32.2. The van der Waals surface area contributed by atoms with E-state index in [0.29, 0.717) is 0 Å². The van der Waals surface area contributed by atoms with Crippen LogP contribution in [0, 0.1) is 0 Å². The van der Waals surface area contributed by atoms with Crippen molar-refractivity contribution in [1.29, 1.82) is 0 Å². The molecule has 0 saturated heterocycles. The number of nitrogens with zero attached hydrogens (tertiary/aromatic N) is 1. The van der Waals surface area contributed by atoms with Crippen LogP contribution in [0.5, 0.6) is 0 Å². The second kappa shape index (κ2) is 2.70. The van der Waals surface area contributed by atoms with Gasteiger partial charge in [-0.05, 0) is 17.9 Å². The first-order chi connectivity index (χ1) is 5.40. The van der Waals surface area contributed by atoms with Crippen LogP contribution in [0.2, 0.25) is 0 Å². The van der Waals surface area contributed by atoms with Gasteiger partial charge in [-0.15, -0.1) is 11.8 Å². The lowest BCUT2D eigenvalue weighted by Crippen LogP contribution is -1.88. The topological polar surface area (TPSA) is 12.4 Å². The molecule has 1 aliphatic rings. The summed E-state index contributed by atoms with van der Waals surface area (Å²) < 4.78 is 0. The summed E-state index contributed by atoms with van der Waals surface area (Å²) in [7, 11) is 0. The van der Waals surface area contributed by atoms with Crippen LogP contribution in [0.15, 0.2) is 29.3 Å². The van der Waals surface area contributed by atoms with Crippen molar-refractivity contribution in [2.45, 2.75) is 6.42 Å². The Morgan fingerprint density at radius 2 is 2.18 bits per heavy atom. The highest BCUT2D eigenvalue weighted by Crippen LogP contribution is 2.28. The number of thioether (sulfide) groups is 1. The van der Waals surface area contributed by atoms with E-state index in [4.69, 9.17) is 0 Å². The summed E-state index contributed by atoms with van der Waals surface area (Å²) in [6.07, 6.45) is 3.10. The maximum Gasteiger partial charge on any atom is 0.0780 e. The Bertz CT molecular complexity index is 304. The number of benzene rings is 1. The minimum atomic E-state index is 1.03. The molecule has 2 heteroatoms. The predicted molar refractivity (Wildman–Crippen MR) is 50.8 cm³/mol. The maximum absolute atomic E-state index is 4.45. The van der Waals surface area contributed by atoms with Gasteiger partial charge in [0, 0.05) is 6.42 Å². The van der Waals surface area contributed by atoms with Crippen molar-refractivity contribution in [3.05, 3.63) is 29.8 Å². The Balaban J connectivity index is 2.39. The van der Waals surface area contributed by atoms with Gasteiger partial charge < -0.3 is 0 Å². The molecule has 0 fully saturated rings. The van der Waals surface area contributed by atoms with Crippen molar-refractivity contribution in [2.75, 3.05) is 6.26 Å². The zero-order chi connectivity index (χ0) is 7.68. The van der Waals surface area contributed by atoms with Gasteiger partial charge in [0.15, 0.2) is 0 Å². The van der Waals surface area contributed by atoms with Crippen LogP contribution >= 0.6 is 11.8 Å². The van der Waals surface area contributed by atoms with Crippen LogP contribution in [0.3, 0.4) is 0 Å². The van der Waals surface area contributed by atoms with Gasteiger partial charge in [0.2, 0.25) is 0 Å². The van der Waals surface area contributed by atoms with Crippen molar-refractivity contribution < 1.29 is 0 Å². The molecule has 56 valence electrons. The average molecular weight is 163 g/mol. The standard InChI is InChI=1S/C9H9NS/c1-11-9-6-7-4-2-3-5-8(7)10-9/h2-5H,6H2,1H3. The lowest BCUT2D eigenvalue weighted by molar-refractivity contribution is 1.41. The maximum atomic E-state index is 4.45. The van der Waals surface area contributed by atoms with Gasteiger partial charge in [0.1, 0.15) is 0 Å². The quantitative estimate of drug-likeness (QED) is 0.572. The molecule has 0 aliphatic carbocycles. The van der Waals surface area contributed by atoms with Crippen LogP contribution in [-0.4, -0.2) is 11.3 Å². The van der Waals surface area contributed by atoms with Gasteiger partial charge >= 0.3 is 0 Å². The fraction of sp³-hybridized carbons (Fsp3) is 0.222. The third-order valence-electron chi connectivity index (χ3n) is 1.81. The minimum absolute atomic E-state index is 1.03. The van der Waals surface area contributed by atoms with E-state index in [1.54, 1.807) is 11.8 Å². The largest absolute Gasteiger partial charge is 0.246 e. The first-order valence-electron chi connectivity index (χ1n) is 3.59. The minimum Gasteiger partial charge on any atom is -0.246 e. The number of para-hydroxylation sites is 1. The Hall–Kier alpha value is -0.760. The summed E-state index contributed by atoms with van der Waals surface area (Å²) in [5.74, 6) is 0. The molecule has 0 unspecified atom stereocenters. The zero-order valence-corrected chi connectivity index (χ0v) is 7.19. The third-order valence-corrected chi connectivity index (χ3v) is 2.52. The molecule has 1 heterocycles. The van der Waals surface area contributed by atoms with E-state index in [9.17, 15) is 0 Å². The SMILES string of the molecule is CSC1=Nc2ccccc2C1. The van der Waals surface area contributed by atoms with Crippen molar-refractivity contribution in [2.24, 2.45) is 4.99 Å². The summed E-state index contributed by atoms with van der Waals surface area (Å²) in [5, 5.41) is 1.23. The summed E-state index contributed by atoms with van der Waals surface area (Å²) in [6.45, 7) is 0. The molecule has 1 aliphatic heterocycles. The van der Waals surface area contributed by atoms with Gasteiger partial charge in [-0.2, -0.15) is 0 Å². The van der Waals surface area contributed by atoms with E-state index in [1.807, 2.05) is 6.07 Å². The Morgan fingerprint density at radius 1 is 1.36 bits per heavy atom. The smallest absolute Gasteiger partial charge is 0.0780 e.